The van der Waals surface area contributed by atoms with E-state index in [0.29, 0.717) is 13.2 Å². The van der Waals surface area contributed by atoms with Crippen LogP contribution in [0.4, 0.5) is 0 Å². The molecule has 0 saturated heterocycles. The largest absolute Gasteiger partial charge is 0.490 e. The van der Waals surface area contributed by atoms with E-state index in [1.807, 2.05) is 38.1 Å². The fraction of sp³-hybridized carbons (Fsp3) is 0.308. The Hall–Kier alpha value is -2.15. The Kier molecular flexibility index (Phi) is 3.51. The Bertz CT molecular complexity index is 722. The van der Waals surface area contributed by atoms with Crippen LogP contribution in [0, 0.1) is 6.92 Å². The fourth-order valence-corrected chi connectivity index (χ4v) is 2.59. The Morgan fingerprint density at radius 2 is 1.90 bits per heavy atom. The summed E-state index contributed by atoms with van der Waals surface area (Å²) in [5.41, 5.74) is 0. The van der Waals surface area contributed by atoms with Gasteiger partial charge in [-0.1, -0.05) is 23.5 Å². The van der Waals surface area contributed by atoms with E-state index < -0.39 is 0 Å². The minimum absolute atomic E-state index is 0.386. The molecule has 3 rings (SSSR count). The Morgan fingerprint density at radius 3 is 2.60 bits per heavy atom. The second kappa shape index (κ2) is 5.46. The molecule has 20 heavy (non-hydrogen) atoms. The maximum Gasteiger partial charge on any atom is 0.234 e. The first kappa shape index (κ1) is 12.9. The van der Waals surface area contributed by atoms with Gasteiger partial charge in [0.25, 0.3) is 0 Å². The van der Waals surface area contributed by atoms with Gasteiger partial charge in [0.15, 0.2) is 22.3 Å². The first-order valence-electron chi connectivity index (χ1n) is 6.30. The summed E-state index contributed by atoms with van der Waals surface area (Å²) in [5, 5.41) is 13.2. The Morgan fingerprint density at radius 1 is 1.15 bits per heavy atom. The van der Waals surface area contributed by atoms with Gasteiger partial charge in [-0.2, -0.15) is 9.61 Å². The summed E-state index contributed by atoms with van der Waals surface area (Å²) in [6.07, 6.45) is 0. The molecule has 0 aliphatic rings. The van der Waals surface area contributed by atoms with Crippen LogP contribution in [0.3, 0.4) is 0 Å². The summed E-state index contributed by atoms with van der Waals surface area (Å²) < 4.78 is 13.0. The van der Waals surface area contributed by atoms with Crippen molar-refractivity contribution in [2.45, 2.75) is 20.5 Å². The van der Waals surface area contributed by atoms with Crippen LogP contribution in [0.15, 0.2) is 24.3 Å². The maximum atomic E-state index is 5.78. The summed E-state index contributed by atoms with van der Waals surface area (Å²) in [6, 6.07) is 7.61. The number of aromatic nitrogens is 4. The van der Waals surface area contributed by atoms with Crippen LogP contribution in [0.1, 0.15) is 17.8 Å². The van der Waals surface area contributed by atoms with E-state index in [1.165, 1.54) is 11.3 Å². The molecule has 104 valence electrons. The number of hydrogen-bond acceptors (Lipinski definition) is 6. The summed E-state index contributed by atoms with van der Waals surface area (Å²) in [6.45, 7) is 4.81. The molecular formula is C13H14N4O2S. The number of rotatable bonds is 5. The summed E-state index contributed by atoms with van der Waals surface area (Å²) in [5.74, 6) is 2.24. The molecule has 0 radical (unpaired) electrons. The van der Waals surface area contributed by atoms with Crippen molar-refractivity contribution in [2.24, 2.45) is 0 Å². The van der Waals surface area contributed by atoms with E-state index in [0.717, 1.165) is 27.3 Å². The Balaban J connectivity index is 1.75. The van der Waals surface area contributed by atoms with Crippen molar-refractivity contribution in [3.63, 3.8) is 0 Å². The third-order valence-electron chi connectivity index (χ3n) is 2.69. The number of benzene rings is 1. The fourth-order valence-electron chi connectivity index (χ4n) is 1.80. The first-order chi connectivity index (χ1) is 9.78. The van der Waals surface area contributed by atoms with E-state index in [2.05, 4.69) is 15.3 Å². The highest BCUT2D eigenvalue weighted by atomic mass is 32.1. The van der Waals surface area contributed by atoms with Crippen LogP contribution in [-0.2, 0) is 6.61 Å². The third kappa shape index (κ3) is 2.44. The van der Waals surface area contributed by atoms with Gasteiger partial charge in [-0.15, -0.1) is 10.2 Å². The van der Waals surface area contributed by atoms with Crippen LogP contribution < -0.4 is 9.47 Å². The molecule has 0 fully saturated rings. The van der Waals surface area contributed by atoms with Crippen molar-refractivity contribution in [1.29, 1.82) is 0 Å². The van der Waals surface area contributed by atoms with Crippen LogP contribution in [0.25, 0.3) is 4.96 Å². The van der Waals surface area contributed by atoms with E-state index in [-0.39, 0.29) is 0 Å². The third-order valence-corrected chi connectivity index (χ3v) is 3.56. The topological polar surface area (TPSA) is 61.5 Å². The Labute approximate surface area is 120 Å². The molecule has 0 amide bonds. The van der Waals surface area contributed by atoms with Gasteiger partial charge in [0.05, 0.1) is 6.61 Å². The lowest BCUT2D eigenvalue weighted by Gasteiger charge is -2.10. The zero-order valence-corrected chi connectivity index (χ0v) is 12.1. The lowest BCUT2D eigenvalue weighted by molar-refractivity contribution is 0.268. The summed E-state index contributed by atoms with van der Waals surface area (Å²) >= 11 is 1.47. The number of aryl methyl sites for hydroxylation is 1. The first-order valence-corrected chi connectivity index (χ1v) is 7.12. The highest BCUT2D eigenvalue weighted by molar-refractivity contribution is 7.16. The van der Waals surface area contributed by atoms with Gasteiger partial charge in [-0.3, -0.25) is 0 Å². The number of ether oxygens (including phenoxy) is 2. The van der Waals surface area contributed by atoms with Crippen LogP contribution in [0.5, 0.6) is 11.5 Å². The molecular weight excluding hydrogens is 276 g/mol. The smallest absolute Gasteiger partial charge is 0.234 e. The summed E-state index contributed by atoms with van der Waals surface area (Å²) in [4.78, 5) is 0.777. The zero-order valence-electron chi connectivity index (χ0n) is 11.2. The van der Waals surface area contributed by atoms with E-state index in [1.54, 1.807) is 4.52 Å². The summed E-state index contributed by atoms with van der Waals surface area (Å²) in [7, 11) is 0. The van der Waals surface area contributed by atoms with Crippen molar-refractivity contribution < 1.29 is 9.47 Å². The second-order valence-corrected chi connectivity index (χ2v) is 5.15. The lowest BCUT2D eigenvalue weighted by atomic mass is 10.3. The highest BCUT2D eigenvalue weighted by Crippen LogP contribution is 2.27. The van der Waals surface area contributed by atoms with Crippen molar-refractivity contribution in [1.82, 2.24) is 19.8 Å². The number of fused-ring (bicyclic) bond motifs is 1. The zero-order chi connectivity index (χ0) is 13.9. The minimum atomic E-state index is 0.386. The second-order valence-electron chi connectivity index (χ2n) is 4.11. The molecule has 1 aromatic carbocycles. The molecule has 0 atom stereocenters. The quantitative estimate of drug-likeness (QED) is 0.722. The van der Waals surface area contributed by atoms with Crippen molar-refractivity contribution in [3.8, 4) is 11.5 Å². The molecule has 0 aliphatic heterocycles. The molecule has 0 N–H and O–H groups in total. The molecule has 2 aromatic heterocycles. The SMILES string of the molecule is CCOc1ccccc1OCc1nn2c(C)nnc2s1. The van der Waals surface area contributed by atoms with Crippen LogP contribution >= 0.6 is 11.3 Å². The van der Waals surface area contributed by atoms with Gasteiger partial charge in [-0.25, -0.2) is 0 Å². The number of nitrogens with zero attached hydrogens (tertiary/aromatic N) is 4. The average molecular weight is 290 g/mol. The molecule has 0 spiro atoms. The highest BCUT2D eigenvalue weighted by Gasteiger charge is 2.10. The molecule has 3 aromatic rings. The molecule has 2 heterocycles. The van der Waals surface area contributed by atoms with Gasteiger partial charge in [-0.05, 0) is 26.0 Å². The van der Waals surface area contributed by atoms with Crippen molar-refractivity contribution in [3.05, 3.63) is 35.1 Å². The molecule has 0 aliphatic carbocycles. The average Bonchev–Trinajstić information content (AvgIpc) is 3.01. The van der Waals surface area contributed by atoms with E-state index in [9.17, 15) is 0 Å². The molecule has 7 heteroatoms. The minimum Gasteiger partial charge on any atom is -0.490 e. The van der Waals surface area contributed by atoms with E-state index >= 15 is 0 Å². The molecule has 6 nitrogen and oxygen atoms in total. The van der Waals surface area contributed by atoms with Gasteiger partial charge >= 0.3 is 0 Å². The molecule has 0 unspecified atom stereocenters. The predicted molar refractivity (Wildman–Crippen MR) is 75.3 cm³/mol. The van der Waals surface area contributed by atoms with E-state index in [4.69, 9.17) is 9.47 Å². The maximum absolute atomic E-state index is 5.78. The van der Waals surface area contributed by atoms with Crippen LogP contribution in [0.2, 0.25) is 0 Å². The van der Waals surface area contributed by atoms with Gasteiger partial charge in [0, 0.05) is 0 Å². The predicted octanol–water partition coefficient (Wildman–Crippen LogP) is 2.47. The van der Waals surface area contributed by atoms with Gasteiger partial charge in [0.2, 0.25) is 4.96 Å². The lowest BCUT2D eigenvalue weighted by Crippen LogP contribution is -2.00. The molecule has 0 saturated carbocycles. The normalized spacial score (nSPS) is 10.9. The van der Waals surface area contributed by atoms with Gasteiger partial charge < -0.3 is 9.47 Å². The molecule has 0 bridgehead atoms. The standard InChI is InChI=1S/C13H14N4O2S/c1-3-18-10-6-4-5-7-11(10)19-8-12-16-17-9(2)14-15-13(17)20-12/h4-7H,3,8H2,1-2H3. The van der Waals surface area contributed by atoms with Gasteiger partial charge in [0.1, 0.15) is 6.61 Å². The number of para-hydroxylation sites is 2. The van der Waals surface area contributed by atoms with Crippen LogP contribution in [-0.4, -0.2) is 26.4 Å². The number of hydrogen-bond donors (Lipinski definition) is 0. The van der Waals surface area contributed by atoms with Crippen molar-refractivity contribution >= 4 is 16.3 Å². The monoisotopic (exact) mass is 290 g/mol. The van der Waals surface area contributed by atoms with Crippen molar-refractivity contribution in [2.75, 3.05) is 6.61 Å².